The molecule has 1 spiro atoms. The van der Waals surface area contributed by atoms with Crippen LogP contribution < -0.4 is 0 Å². The second-order valence-corrected chi connectivity index (χ2v) is 9.53. The van der Waals surface area contributed by atoms with Crippen molar-refractivity contribution in [2.45, 2.75) is 57.9 Å². The molecular weight excluding hydrogens is 375 g/mol. The van der Waals surface area contributed by atoms with Crippen LogP contribution in [-0.4, -0.2) is 42.0 Å². The van der Waals surface area contributed by atoms with Crippen LogP contribution in [0.2, 0.25) is 0 Å². The maximum atomic E-state index is 15.3. The first-order valence-corrected chi connectivity index (χ1v) is 10.3. The van der Waals surface area contributed by atoms with Gasteiger partial charge >= 0.3 is 5.97 Å². The summed E-state index contributed by atoms with van der Waals surface area (Å²) >= 11 is 0. The fourth-order valence-electron chi connectivity index (χ4n) is 6.89. The monoisotopic (exact) mass is 400 g/mol. The molecule has 154 valence electrons. The molecule has 0 unspecified atom stereocenters. The van der Waals surface area contributed by atoms with Gasteiger partial charge in [0.1, 0.15) is 11.8 Å². The highest BCUT2D eigenvalue weighted by Gasteiger charge is 2.79. The minimum atomic E-state index is -1.20. The molecule has 0 radical (unpaired) electrons. The van der Waals surface area contributed by atoms with Crippen LogP contribution in [-0.2, 0) is 23.9 Å². The van der Waals surface area contributed by atoms with E-state index in [-0.39, 0.29) is 36.1 Å². The number of alkyl halides is 1. The van der Waals surface area contributed by atoms with Crippen LogP contribution in [0, 0.1) is 22.7 Å². The molecule has 1 heterocycles. The van der Waals surface area contributed by atoms with Crippen molar-refractivity contribution < 1.29 is 28.2 Å². The lowest BCUT2D eigenvalue weighted by Gasteiger charge is -2.54. The topological polar surface area (TPSA) is 73.0 Å². The third kappa shape index (κ3) is 2.26. The number of ketones is 2. The largest absolute Gasteiger partial charge is 0.457 e. The number of carbonyl (C=O) groups is 3. The minimum absolute atomic E-state index is 0.0449. The van der Waals surface area contributed by atoms with Crippen LogP contribution >= 0.6 is 0 Å². The molecule has 0 bridgehead atoms. The lowest BCUT2D eigenvalue weighted by Crippen LogP contribution is -2.59. The summed E-state index contributed by atoms with van der Waals surface area (Å²) in [5, 5.41) is 0. The molecule has 1 aliphatic heterocycles. The third-order valence-electron chi connectivity index (χ3n) is 8.21. The molecule has 1 saturated heterocycles. The highest BCUT2D eigenvalue weighted by molar-refractivity contribution is 6.01. The van der Waals surface area contributed by atoms with E-state index in [1.165, 1.54) is 19.1 Å². The van der Waals surface area contributed by atoms with E-state index in [2.05, 4.69) is 6.92 Å². The fourth-order valence-corrected chi connectivity index (χ4v) is 6.89. The van der Waals surface area contributed by atoms with Gasteiger partial charge in [-0.1, -0.05) is 19.1 Å². The molecule has 5 nitrogen and oxygen atoms in total. The predicted molar refractivity (Wildman–Crippen MR) is 101 cm³/mol. The van der Waals surface area contributed by atoms with Crippen molar-refractivity contribution in [3.63, 3.8) is 0 Å². The Morgan fingerprint density at radius 1 is 1.31 bits per heavy atom. The summed E-state index contributed by atoms with van der Waals surface area (Å²) in [6.07, 6.45) is 7.14. The summed E-state index contributed by atoms with van der Waals surface area (Å²) in [7, 11) is 0. The fraction of sp³-hybridized carbons (Fsp3) is 0.609. The van der Waals surface area contributed by atoms with Crippen LogP contribution in [0.1, 0.15) is 40.0 Å². The predicted octanol–water partition coefficient (Wildman–Crippen LogP) is 3.04. The number of ether oxygens (including phenoxy) is 2. The van der Waals surface area contributed by atoms with Crippen molar-refractivity contribution in [1.29, 1.82) is 0 Å². The Kier molecular flexibility index (Phi) is 3.75. The molecule has 5 aliphatic rings. The molecule has 3 fully saturated rings. The van der Waals surface area contributed by atoms with Crippen molar-refractivity contribution >= 4 is 17.5 Å². The molecule has 0 aromatic heterocycles. The molecule has 2 saturated carbocycles. The van der Waals surface area contributed by atoms with Gasteiger partial charge in [-0.25, -0.2) is 4.39 Å². The van der Waals surface area contributed by atoms with Crippen LogP contribution in [0.4, 0.5) is 4.39 Å². The maximum absolute atomic E-state index is 15.3. The highest BCUT2D eigenvalue weighted by atomic mass is 19.1. The summed E-state index contributed by atoms with van der Waals surface area (Å²) in [4.78, 5) is 35.8. The number of hydrogen-bond donors (Lipinski definition) is 0. The van der Waals surface area contributed by atoms with Gasteiger partial charge in [0.15, 0.2) is 18.2 Å². The molecule has 7 atom stereocenters. The Morgan fingerprint density at radius 2 is 2.07 bits per heavy atom. The number of epoxide rings is 1. The Balaban J connectivity index is 1.49. The molecule has 0 amide bonds. The number of fused-ring (bicyclic) bond motifs is 3. The number of carbonyl (C=O) groups excluding carboxylic acids is 3. The average Bonchev–Trinajstić information content (AvgIpc) is 3.27. The van der Waals surface area contributed by atoms with E-state index in [0.717, 1.165) is 0 Å². The summed E-state index contributed by atoms with van der Waals surface area (Å²) in [5.74, 6) is -0.795. The number of rotatable bonds is 3. The molecule has 29 heavy (non-hydrogen) atoms. The zero-order valence-electron chi connectivity index (χ0n) is 16.9. The van der Waals surface area contributed by atoms with E-state index in [9.17, 15) is 14.4 Å². The molecule has 5 rings (SSSR count). The SMILES string of the molecule is CC(=O)OCC(=O)C1=CC[C@H]2[C@@H]3C[C@H](F)C4=CC(=O)C=C[C@]4(C)[C@@]34O[C@H]4C[C@]12C. The van der Waals surface area contributed by atoms with Crippen LogP contribution in [0.15, 0.2) is 35.5 Å². The van der Waals surface area contributed by atoms with Gasteiger partial charge in [-0.3, -0.25) is 14.4 Å². The van der Waals surface area contributed by atoms with E-state index in [4.69, 9.17) is 9.47 Å². The smallest absolute Gasteiger partial charge is 0.303 e. The third-order valence-corrected chi connectivity index (χ3v) is 8.21. The zero-order chi connectivity index (χ0) is 20.8. The van der Waals surface area contributed by atoms with Crippen LogP contribution in [0.5, 0.6) is 0 Å². The Labute approximate surface area is 169 Å². The summed E-state index contributed by atoms with van der Waals surface area (Å²) in [6.45, 7) is 5.07. The van der Waals surface area contributed by atoms with E-state index >= 15 is 4.39 Å². The summed E-state index contributed by atoms with van der Waals surface area (Å²) < 4.78 is 26.6. The van der Waals surface area contributed by atoms with Crippen LogP contribution in [0.3, 0.4) is 0 Å². The van der Waals surface area contributed by atoms with E-state index < -0.39 is 28.6 Å². The van der Waals surface area contributed by atoms with Gasteiger partial charge < -0.3 is 9.47 Å². The van der Waals surface area contributed by atoms with Gasteiger partial charge in [-0.2, -0.15) is 0 Å². The second-order valence-electron chi connectivity index (χ2n) is 9.53. The van der Waals surface area contributed by atoms with Gasteiger partial charge in [0.05, 0.1) is 6.10 Å². The van der Waals surface area contributed by atoms with Gasteiger partial charge in [0, 0.05) is 23.3 Å². The first-order valence-electron chi connectivity index (χ1n) is 10.3. The Bertz CT molecular complexity index is 932. The van der Waals surface area contributed by atoms with Gasteiger partial charge in [0.25, 0.3) is 0 Å². The van der Waals surface area contributed by atoms with E-state index in [0.29, 0.717) is 30.4 Å². The Morgan fingerprint density at radius 3 is 2.79 bits per heavy atom. The van der Waals surface area contributed by atoms with Crippen molar-refractivity contribution in [3.8, 4) is 0 Å². The number of esters is 1. The van der Waals surface area contributed by atoms with Gasteiger partial charge in [0.2, 0.25) is 0 Å². The average molecular weight is 400 g/mol. The van der Waals surface area contributed by atoms with E-state index in [1.807, 2.05) is 19.1 Å². The molecule has 0 N–H and O–H groups in total. The number of hydrogen-bond acceptors (Lipinski definition) is 5. The van der Waals surface area contributed by atoms with Gasteiger partial charge in [-0.15, -0.1) is 0 Å². The lowest BCUT2D eigenvalue weighted by molar-refractivity contribution is -0.145. The summed E-state index contributed by atoms with van der Waals surface area (Å²) in [5.41, 5.74) is -0.350. The van der Waals surface area contributed by atoms with Crippen molar-refractivity contribution in [1.82, 2.24) is 0 Å². The maximum Gasteiger partial charge on any atom is 0.303 e. The standard InChI is InChI=1S/C23H25FO5/c1-12(25)28-11-19(27)15-5-4-14-16-9-18(24)17-8-13(26)6-7-22(17,3)23(16)20(29-23)10-21(14,15)2/h5-8,14,16,18,20H,4,9-11H2,1-3H3/t14-,16-,18-,20-,21-,22-,23+/m0/s1. The first-order chi connectivity index (χ1) is 13.6. The number of halogens is 1. The van der Waals surface area contributed by atoms with Crippen molar-refractivity contribution in [2.24, 2.45) is 22.7 Å². The molecule has 6 heteroatoms. The van der Waals surface area contributed by atoms with Crippen molar-refractivity contribution in [3.05, 3.63) is 35.5 Å². The molecular formula is C23H25FO5. The first kappa shape index (κ1) is 18.9. The molecule has 0 aromatic carbocycles. The minimum Gasteiger partial charge on any atom is -0.457 e. The normalized spacial score (nSPS) is 46.6. The van der Waals surface area contributed by atoms with Gasteiger partial charge in [-0.05, 0) is 55.7 Å². The summed E-state index contributed by atoms with van der Waals surface area (Å²) in [6, 6.07) is 0. The zero-order valence-corrected chi connectivity index (χ0v) is 16.9. The molecule has 4 aliphatic carbocycles. The van der Waals surface area contributed by atoms with Crippen LogP contribution in [0.25, 0.3) is 0 Å². The van der Waals surface area contributed by atoms with Crippen molar-refractivity contribution in [2.75, 3.05) is 6.61 Å². The quantitative estimate of drug-likeness (QED) is 0.538. The Hall–Kier alpha value is -2.08. The lowest BCUT2D eigenvalue weighted by atomic mass is 9.47. The number of Topliss-reactive ketones (excluding diaryl/α,β-unsaturated/α-hetero) is 1. The second kappa shape index (κ2) is 5.75. The highest BCUT2D eigenvalue weighted by Crippen LogP contribution is 2.74. The molecule has 0 aromatic rings. The number of allylic oxidation sites excluding steroid dienone is 3. The van der Waals surface area contributed by atoms with E-state index in [1.54, 1.807) is 0 Å².